The Morgan fingerprint density at radius 3 is 3.00 bits per heavy atom. The average molecular weight is 285 g/mol. The van der Waals surface area contributed by atoms with Gasteiger partial charge in [-0.05, 0) is 36.1 Å². The van der Waals surface area contributed by atoms with Crippen LogP contribution >= 0.6 is 11.3 Å². The number of fused-ring (bicyclic) bond motifs is 3. The van der Waals surface area contributed by atoms with Gasteiger partial charge in [-0.1, -0.05) is 0 Å². The predicted octanol–water partition coefficient (Wildman–Crippen LogP) is 2.28. The normalized spacial score (nSPS) is 19.2. The van der Waals surface area contributed by atoms with Gasteiger partial charge in [0.15, 0.2) is 0 Å². The molecule has 0 radical (unpaired) electrons. The van der Waals surface area contributed by atoms with Gasteiger partial charge in [0, 0.05) is 41.1 Å². The second-order valence-electron chi connectivity index (χ2n) is 5.34. The van der Waals surface area contributed by atoms with Crippen molar-refractivity contribution < 1.29 is 0 Å². The maximum atomic E-state index is 12.0. The Morgan fingerprint density at radius 1 is 1.30 bits per heavy atom. The van der Waals surface area contributed by atoms with E-state index in [1.807, 2.05) is 17.5 Å². The largest absolute Gasteiger partial charge is 0.370 e. The second kappa shape index (κ2) is 4.33. The Hall–Kier alpha value is -1.85. The first-order chi connectivity index (χ1) is 9.72. The first-order valence-corrected chi connectivity index (χ1v) is 7.64. The molecule has 1 atom stereocenters. The number of hydrogen-bond acceptors (Lipinski definition) is 4. The molecule has 1 unspecified atom stereocenters. The fourth-order valence-corrected chi connectivity index (χ4v) is 3.76. The Labute approximate surface area is 119 Å². The maximum absolute atomic E-state index is 12.0. The molecule has 0 amide bonds. The standard InChI is InChI=1S/C15H15N3OS/c16-9-3-5-18(8-9)10-1-2-13-12(7-10)11-4-6-20-14(11)15(19)17-13/h1-2,4,6-7,9H,3,5,8,16H2,(H,17,19). The number of aromatic amines is 1. The number of anilines is 1. The van der Waals surface area contributed by atoms with Gasteiger partial charge in [-0.15, -0.1) is 11.3 Å². The molecule has 1 aliphatic rings. The molecule has 0 bridgehead atoms. The van der Waals surface area contributed by atoms with Gasteiger partial charge in [-0.2, -0.15) is 0 Å². The lowest BCUT2D eigenvalue weighted by atomic mass is 10.1. The second-order valence-corrected chi connectivity index (χ2v) is 6.26. The van der Waals surface area contributed by atoms with Crippen molar-refractivity contribution in [3.63, 3.8) is 0 Å². The fourth-order valence-electron chi connectivity index (χ4n) is 2.96. The van der Waals surface area contributed by atoms with Crippen molar-refractivity contribution in [2.24, 2.45) is 5.73 Å². The summed E-state index contributed by atoms with van der Waals surface area (Å²) in [6, 6.07) is 8.51. The van der Waals surface area contributed by atoms with Crippen LogP contribution in [-0.2, 0) is 0 Å². The van der Waals surface area contributed by atoms with Crippen LogP contribution in [0.1, 0.15) is 6.42 Å². The Kier molecular flexibility index (Phi) is 2.58. The number of benzene rings is 1. The van der Waals surface area contributed by atoms with Crippen LogP contribution in [0.3, 0.4) is 0 Å². The Morgan fingerprint density at radius 2 is 2.20 bits per heavy atom. The molecule has 1 fully saturated rings. The van der Waals surface area contributed by atoms with E-state index in [0.717, 1.165) is 40.5 Å². The van der Waals surface area contributed by atoms with Crippen molar-refractivity contribution >= 4 is 38.0 Å². The number of thiophene rings is 1. The lowest BCUT2D eigenvalue weighted by Gasteiger charge is -2.18. The number of hydrogen-bond donors (Lipinski definition) is 2. The molecule has 0 aliphatic carbocycles. The Balaban J connectivity index is 1.94. The summed E-state index contributed by atoms with van der Waals surface area (Å²) >= 11 is 1.49. The van der Waals surface area contributed by atoms with Gasteiger partial charge < -0.3 is 15.6 Å². The average Bonchev–Trinajstić information content (AvgIpc) is 3.07. The van der Waals surface area contributed by atoms with Crippen LogP contribution in [-0.4, -0.2) is 24.1 Å². The number of nitrogens with two attached hydrogens (primary N) is 1. The Bertz CT molecular complexity index is 851. The summed E-state index contributed by atoms with van der Waals surface area (Å²) in [6.45, 7) is 1.91. The van der Waals surface area contributed by atoms with E-state index in [-0.39, 0.29) is 11.6 Å². The van der Waals surface area contributed by atoms with Crippen LogP contribution in [0.25, 0.3) is 21.0 Å². The van der Waals surface area contributed by atoms with E-state index in [2.05, 4.69) is 22.0 Å². The molecule has 4 rings (SSSR count). The number of nitrogens with one attached hydrogen (secondary N) is 1. The zero-order chi connectivity index (χ0) is 13.7. The molecule has 4 nitrogen and oxygen atoms in total. The third-order valence-corrected chi connectivity index (χ3v) is 4.92. The van der Waals surface area contributed by atoms with Gasteiger partial charge >= 0.3 is 0 Å². The first kappa shape index (κ1) is 11.9. The molecule has 0 spiro atoms. The van der Waals surface area contributed by atoms with Gasteiger partial charge in [0.2, 0.25) is 0 Å². The number of pyridine rings is 1. The molecule has 1 aliphatic heterocycles. The van der Waals surface area contributed by atoms with Gasteiger partial charge in [0.05, 0.1) is 0 Å². The molecule has 5 heteroatoms. The minimum atomic E-state index is -0.00144. The third-order valence-electron chi connectivity index (χ3n) is 4.00. The van der Waals surface area contributed by atoms with Gasteiger partial charge in [-0.3, -0.25) is 4.79 Å². The molecular weight excluding hydrogens is 270 g/mol. The van der Waals surface area contributed by atoms with Crippen molar-refractivity contribution in [1.82, 2.24) is 4.98 Å². The summed E-state index contributed by atoms with van der Waals surface area (Å²) in [7, 11) is 0. The van der Waals surface area contributed by atoms with E-state index in [1.54, 1.807) is 0 Å². The van der Waals surface area contributed by atoms with Crippen LogP contribution in [0.4, 0.5) is 5.69 Å². The quantitative estimate of drug-likeness (QED) is 0.721. The molecule has 20 heavy (non-hydrogen) atoms. The van der Waals surface area contributed by atoms with Crippen molar-refractivity contribution in [2.45, 2.75) is 12.5 Å². The molecule has 3 aromatic rings. The lowest BCUT2D eigenvalue weighted by molar-refractivity contribution is 0.752. The highest BCUT2D eigenvalue weighted by molar-refractivity contribution is 7.17. The zero-order valence-electron chi connectivity index (χ0n) is 10.9. The summed E-state index contributed by atoms with van der Waals surface area (Å²) in [5.41, 5.74) is 8.06. The lowest BCUT2D eigenvalue weighted by Crippen LogP contribution is -2.26. The van der Waals surface area contributed by atoms with Gasteiger partial charge in [-0.25, -0.2) is 0 Å². The van der Waals surface area contributed by atoms with E-state index < -0.39 is 0 Å². The highest BCUT2D eigenvalue weighted by Gasteiger charge is 2.19. The number of nitrogens with zero attached hydrogens (tertiary/aromatic N) is 1. The molecule has 3 N–H and O–H groups in total. The first-order valence-electron chi connectivity index (χ1n) is 6.76. The van der Waals surface area contributed by atoms with Crippen LogP contribution in [0.15, 0.2) is 34.4 Å². The molecule has 1 aromatic carbocycles. The summed E-state index contributed by atoms with van der Waals surface area (Å²) in [5.74, 6) is 0. The van der Waals surface area contributed by atoms with E-state index in [4.69, 9.17) is 5.73 Å². The SMILES string of the molecule is NC1CCN(c2ccc3[nH]c(=O)c4sccc4c3c2)C1. The van der Waals surface area contributed by atoms with Gasteiger partial charge in [0.25, 0.3) is 5.56 Å². The summed E-state index contributed by atoms with van der Waals surface area (Å²) in [6.07, 6.45) is 1.04. The minimum Gasteiger partial charge on any atom is -0.370 e. The fraction of sp³-hybridized carbons (Fsp3) is 0.267. The topological polar surface area (TPSA) is 62.1 Å². The van der Waals surface area contributed by atoms with Crippen molar-refractivity contribution in [3.8, 4) is 0 Å². The van der Waals surface area contributed by atoms with E-state index in [9.17, 15) is 4.79 Å². The van der Waals surface area contributed by atoms with Crippen molar-refractivity contribution in [2.75, 3.05) is 18.0 Å². The highest BCUT2D eigenvalue weighted by Crippen LogP contribution is 2.29. The number of H-pyrrole nitrogens is 1. The number of rotatable bonds is 1. The summed E-state index contributed by atoms with van der Waals surface area (Å²) in [4.78, 5) is 17.2. The van der Waals surface area contributed by atoms with Crippen LogP contribution in [0.5, 0.6) is 0 Å². The van der Waals surface area contributed by atoms with Crippen LogP contribution in [0, 0.1) is 0 Å². The zero-order valence-corrected chi connectivity index (χ0v) is 11.7. The maximum Gasteiger partial charge on any atom is 0.266 e. The molecule has 2 aromatic heterocycles. The molecule has 102 valence electrons. The third kappa shape index (κ3) is 1.74. The van der Waals surface area contributed by atoms with Crippen LogP contribution in [0.2, 0.25) is 0 Å². The van der Waals surface area contributed by atoms with E-state index in [1.165, 1.54) is 17.0 Å². The van der Waals surface area contributed by atoms with E-state index >= 15 is 0 Å². The predicted molar refractivity (Wildman–Crippen MR) is 84.8 cm³/mol. The van der Waals surface area contributed by atoms with Crippen LogP contribution < -0.4 is 16.2 Å². The van der Waals surface area contributed by atoms with Crippen molar-refractivity contribution in [3.05, 3.63) is 40.0 Å². The molecule has 0 saturated carbocycles. The number of aromatic nitrogens is 1. The smallest absolute Gasteiger partial charge is 0.266 e. The summed E-state index contributed by atoms with van der Waals surface area (Å²) in [5, 5.41) is 4.12. The minimum absolute atomic E-state index is 0.00144. The van der Waals surface area contributed by atoms with Gasteiger partial charge in [0.1, 0.15) is 4.70 Å². The monoisotopic (exact) mass is 285 g/mol. The molecule has 3 heterocycles. The summed E-state index contributed by atoms with van der Waals surface area (Å²) < 4.78 is 0.799. The molecular formula is C15H15N3OS. The highest BCUT2D eigenvalue weighted by atomic mass is 32.1. The molecule has 1 saturated heterocycles. The van der Waals surface area contributed by atoms with Crippen molar-refractivity contribution in [1.29, 1.82) is 0 Å². The van der Waals surface area contributed by atoms with E-state index in [0.29, 0.717) is 0 Å².